The number of nitrogens with zero attached hydrogens (tertiary/aromatic N) is 3. The van der Waals surface area contributed by atoms with Crippen LogP contribution in [0.25, 0.3) is 22.5 Å². The Balaban J connectivity index is 1.61. The second-order valence-corrected chi connectivity index (χ2v) is 7.67. The zero-order valence-corrected chi connectivity index (χ0v) is 16.6. The molecule has 1 aliphatic rings. The van der Waals surface area contributed by atoms with Gasteiger partial charge in [0.1, 0.15) is 5.75 Å². The van der Waals surface area contributed by atoms with Gasteiger partial charge in [-0.05, 0) is 49.7 Å². The number of hydrogen-bond donors (Lipinski definition) is 3. The molecular formula is C20H23ClN4O3. The molecule has 4 rings (SSSR count). The number of piperidine rings is 1. The Hall–Kier alpha value is -2.35. The highest BCUT2D eigenvalue weighted by atomic mass is 35.5. The minimum atomic E-state index is -0.365. The minimum Gasteiger partial charge on any atom is -0.507 e. The highest BCUT2D eigenvalue weighted by Crippen LogP contribution is 2.35. The van der Waals surface area contributed by atoms with Gasteiger partial charge in [0.15, 0.2) is 5.58 Å². The number of aliphatic hydroxyl groups excluding tert-OH is 1. The van der Waals surface area contributed by atoms with Crippen LogP contribution in [-0.4, -0.2) is 56.9 Å². The van der Waals surface area contributed by atoms with E-state index in [0.29, 0.717) is 46.5 Å². The van der Waals surface area contributed by atoms with Crippen molar-refractivity contribution in [1.82, 2.24) is 14.9 Å². The third-order valence-electron chi connectivity index (χ3n) is 5.07. The molecule has 0 aliphatic carbocycles. The molecule has 3 heterocycles. The van der Waals surface area contributed by atoms with Gasteiger partial charge in [0.05, 0.1) is 11.8 Å². The van der Waals surface area contributed by atoms with Crippen molar-refractivity contribution in [2.45, 2.75) is 32.4 Å². The first kappa shape index (κ1) is 19.0. The van der Waals surface area contributed by atoms with Crippen LogP contribution >= 0.6 is 11.6 Å². The number of aromatic hydroxyl groups is 1. The SMILES string of the molecule is CCN1C[C@H](O)C[C@@H](Nc2nc3nc(-c4c(C)cc(Cl)cc4O)ccc3o2)C1. The second-order valence-electron chi connectivity index (χ2n) is 7.24. The van der Waals surface area contributed by atoms with Crippen molar-refractivity contribution in [3.8, 4) is 17.0 Å². The van der Waals surface area contributed by atoms with E-state index in [4.69, 9.17) is 16.0 Å². The summed E-state index contributed by atoms with van der Waals surface area (Å²) in [7, 11) is 0. The number of aliphatic hydroxyl groups is 1. The summed E-state index contributed by atoms with van der Waals surface area (Å²) in [4.78, 5) is 11.2. The zero-order chi connectivity index (χ0) is 19.8. The lowest BCUT2D eigenvalue weighted by atomic mass is 10.0. The molecule has 0 unspecified atom stereocenters. The molecule has 28 heavy (non-hydrogen) atoms. The van der Waals surface area contributed by atoms with Crippen LogP contribution in [0, 0.1) is 6.92 Å². The van der Waals surface area contributed by atoms with Crippen LogP contribution in [0.1, 0.15) is 18.9 Å². The van der Waals surface area contributed by atoms with Crippen molar-refractivity contribution in [3.63, 3.8) is 0 Å². The standard InChI is InChI=1S/C20H23ClN4O3/c1-3-25-9-13(8-14(26)10-25)22-20-24-19-17(28-20)5-4-15(23-19)18-11(2)6-12(21)7-16(18)27/h4-7,13-14,26-27H,3,8-10H2,1-2H3,(H,22,23,24)/t13-,14-/m1/s1. The Bertz CT molecular complexity index is 983. The van der Waals surface area contributed by atoms with Gasteiger partial charge in [-0.15, -0.1) is 0 Å². The highest BCUT2D eigenvalue weighted by Gasteiger charge is 2.26. The number of phenolic OH excluding ortho intramolecular Hbond substituents is 1. The number of rotatable bonds is 4. The van der Waals surface area contributed by atoms with Crippen LogP contribution in [0.15, 0.2) is 28.7 Å². The molecular weight excluding hydrogens is 380 g/mol. The second kappa shape index (κ2) is 7.58. The first-order chi connectivity index (χ1) is 13.4. The molecule has 1 saturated heterocycles. The monoisotopic (exact) mass is 402 g/mol. The molecule has 2 atom stereocenters. The zero-order valence-electron chi connectivity index (χ0n) is 15.8. The van der Waals surface area contributed by atoms with E-state index < -0.39 is 0 Å². The summed E-state index contributed by atoms with van der Waals surface area (Å²) >= 11 is 5.99. The van der Waals surface area contributed by atoms with Gasteiger partial charge >= 0.3 is 0 Å². The maximum atomic E-state index is 10.3. The summed E-state index contributed by atoms with van der Waals surface area (Å²) in [6.07, 6.45) is 0.280. The van der Waals surface area contributed by atoms with Crippen LogP contribution in [0.5, 0.6) is 5.75 Å². The molecule has 3 N–H and O–H groups in total. The molecule has 8 heteroatoms. The fraction of sp³-hybridized carbons (Fsp3) is 0.400. The van der Waals surface area contributed by atoms with E-state index in [1.54, 1.807) is 18.2 Å². The maximum Gasteiger partial charge on any atom is 0.297 e. The van der Waals surface area contributed by atoms with E-state index in [1.807, 2.05) is 6.92 Å². The molecule has 0 saturated carbocycles. The molecule has 2 aromatic heterocycles. The van der Waals surface area contributed by atoms with Gasteiger partial charge in [-0.25, -0.2) is 4.98 Å². The van der Waals surface area contributed by atoms with Gasteiger partial charge in [-0.1, -0.05) is 18.5 Å². The van der Waals surface area contributed by atoms with Crippen molar-refractivity contribution >= 4 is 28.8 Å². The number of fused-ring (bicyclic) bond motifs is 1. The Kier molecular flexibility index (Phi) is 5.14. The van der Waals surface area contributed by atoms with E-state index >= 15 is 0 Å². The van der Waals surface area contributed by atoms with E-state index in [0.717, 1.165) is 18.7 Å². The summed E-state index contributed by atoms with van der Waals surface area (Å²) in [5.74, 6) is 0.0783. The van der Waals surface area contributed by atoms with Crippen molar-refractivity contribution in [2.24, 2.45) is 0 Å². The third kappa shape index (κ3) is 3.78. The fourth-order valence-corrected chi connectivity index (χ4v) is 4.04. The molecule has 0 bridgehead atoms. The van der Waals surface area contributed by atoms with E-state index in [9.17, 15) is 10.2 Å². The first-order valence-electron chi connectivity index (χ1n) is 9.37. The fourth-order valence-electron chi connectivity index (χ4n) is 3.78. The van der Waals surface area contributed by atoms with Gasteiger partial charge < -0.3 is 19.9 Å². The number of oxazole rings is 1. The number of hydrogen-bond acceptors (Lipinski definition) is 7. The highest BCUT2D eigenvalue weighted by molar-refractivity contribution is 6.31. The predicted octanol–water partition coefficient (Wildman–Crippen LogP) is 3.42. The lowest BCUT2D eigenvalue weighted by Gasteiger charge is -2.34. The maximum absolute atomic E-state index is 10.3. The average molecular weight is 403 g/mol. The van der Waals surface area contributed by atoms with Crippen molar-refractivity contribution in [2.75, 3.05) is 25.0 Å². The molecule has 1 fully saturated rings. The van der Waals surface area contributed by atoms with Gasteiger partial charge in [0.25, 0.3) is 6.01 Å². The van der Waals surface area contributed by atoms with Gasteiger partial charge in [0.2, 0.25) is 5.65 Å². The van der Waals surface area contributed by atoms with Crippen molar-refractivity contribution in [1.29, 1.82) is 0 Å². The molecule has 0 amide bonds. The number of halogens is 1. The smallest absolute Gasteiger partial charge is 0.297 e. The largest absolute Gasteiger partial charge is 0.507 e. The molecule has 3 aromatic rings. The number of aromatic nitrogens is 2. The number of β-amino-alcohol motifs (C(OH)–C–C–N with tert-alkyl or cyclic N) is 1. The lowest BCUT2D eigenvalue weighted by molar-refractivity contribution is 0.0667. The van der Waals surface area contributed by atoms with Gasteiger partial charge in [0, 0.05) is 29.7 Å². The summed E-state index contributed by atoms with van der Waals surface area (Å²) in [6.45, 7) is 6.35. The molecule has 0 radical (unpaired) electrons. The Morgan fingerprint density at radius 2 is 2.11 bits per heavy atom. The molecule has 7 nitrogen and oxygen atoms in total. The quantitative estimate of drug-likeness (QED) is 0.615. The number of phenols is 1. The average Bonchev–Trinajstić information content (AvgIpc) is 3.01. The van der Waals surface area contributed by atoms with Crippen LogP contribution in [-0.2, 0) is 0 Å². The van der Waals surface area contributed by atoms with Crippen LogP contribution < -0.4 is 5.32 Å². The molecule has 148 valence electrons. The number of likely N-dealkylation sites (N-methyl/N-ethyl adjacent to an activating group) is 1. The molecule has 0 spiro atoms. The Labute approximate surface area is 168 Å². The summed E-state index contributed by atoms with van der Waals surface area (Å²) in [5.41, 5.74) is 3.06. The summed E-state index contributed by atoms with van der Waals surface area (Å²) < 4.78 is 5.78. The molecule has 1 aromatic carbocycles. The number of anilines is 1. The number of pyridine rings is 1. The number of benzene rings is 1. The first-order valence-corrected chi connectivity index (χ1v) is 9.74. The van der Waals surface area contributed by atoms with Crippen LogP contribution in [0.4, 0.5) is 6.01 Å². The normalized spacial score (nSPS) is 20.6. The lowest BCUT2D eigenvalue weighted by Crippen LogP contribution is -2.48. The topological polar surface area (TPSA) is 94.7 Å². The molecule has 1 aliphatic heterocycles. The Morgan fingerprint density at radius 1 is 1.29 bits per heavy atom. The third-order valence-corrected chi connectivity index (χ3v) is 5.29. The summed E-state index contributed by atoms with van der Waals surface area (Å²) in [6, 6.07) is 7.30. The number of nitrogens with one attached hydrogen (secondary N) is 1. The Morgan fingerprint density at radius 3 is 2.86 bits per heavy atom. The van der Waals surface area contributed by atoms with Crippen molar-refractivity contribution in [3.05, 3.63) is 34.9 Å². The number of likely N-dealkylation sites (tertiary alicyclic amines) is 1. The van der Waals surface area contributed by atoms with E-state index in [1.165, 1.54) is 6.07 Å². The summed E-state index contributed by atoms with van der Waals surface area (Å²) in [5, 5.41) is 24.1. The van der Waals surface area contributed by atoms with E-state index in [-0.39, 0.29) is 17.9 Å². The number of aryl methyl sites for hydroxylation is 1. The van der Waals surface area contributed by atoms with Gasteiger partial charge in [-0.3, -0.25) is 4.90 Å². The van der Waals surface area contributed by atoms with E-state index in [2.05, 4.69) is 27.1 Å². The van der Waals surface area contributed by atoms with Crippen molar-refractivity contribution < 1.29 is 14.6 Å². The van der Waals surface area contributed by atoms with Crippen LogP contribution in [0.2, 0.25) is 5.02 Å². The van der Waals surface area contributed by atoms with Gasteiger partial charge in [-0.2, -0.15) is 4.98 Å². The predicted molar refractivity (Wildman–Crippen MR) is 109 cm³/mol. The minimum absolute atomic E-state index is 0.0544. The van der Waals surface area contributed by atoms with Crippen LogP contribution in [0.3, 0.4) is 0 Å².